The Kier molecular flexibility index (Phi) is 4.09. The summed E-state index contributed by atoms with van der Waals surface area (Å²) in [6, 6.07) is 5.77. The van der Waals surface area contributed by atoms with Crippen LogP contribution >= 0.6 is 0 Å². The fourth-order valence-electron chi connectivity index (χ4n) is 1.96. The molecular formula is C14H20O4. The molecule has 0 bridgehead atoms. The molecule has 0 N–H and O–H groups in total. The molecule has 4 nitrogen and oxygen atoms in total. The maximum absolute atomic E-state index is 5.63. The van der Waals surface area contributed by atoms with Crippen molar-refractivity contribution in [2.75, 3.05) is 26.9 Å². The van der Waals surface area contributed by atoms with Crippen molar-refractivity contribution in [2.24, 2.45) is 0 Å². The van der Waals surface area contributed by atoms with Gasteiger partial charge in [0.2, 0.25) is 0 Å². The van der Waals surface area contributed by atoms with Crippen LogP contribution in [0.15, 0.2) is 18.2 Å². The van der Waals surface area contributed by atoms with E-state index in [2.05, 4.69) is 6.92 Å². The summed E-state index contributed by atoms with van der Waals surface area (Å²) >= 11 is 0. The maximum atomic E-state index is 5.63. The first-order valence-electron chi connectivity index (χ1n) is 6.29. The van der Waals surface area contributed by atoms with Crippen molar-refractivity contribution < 1.29 is 18.9 Å². The van der Waals surface area contributed by atoms with Gasteiger partial charge in [-0.25, -0.2) is 0 Å². The molecule has 1 fully saturated rings. The summed E-state index contributed by atoms with van der Waals surface area (Å²) in [5.74, 6) is 0.794. The Morgan fingerprint density at radius 2 is 1.94 bits per heavy atom. The van der Waals surface area contributed by atoms with E-state index in [1.807, 2.05) is 25.1 Å². The van der Waals surface area contributed by atoms with Crippen LogP contribution in [0.5, 0.6) is 11.5 Å². The van der Waals surface area contributed by atoms with E-state index in [0.29, 0.717) is 25.6 Å². The van der Waals surface area contributed by atoms with Crippen LogP contribution < -0.4 is 9.47 Å². The molecule has 2 rings (SSSR count). The second-order valence-corrected chi connectivity index (χ2v) is 4.36. The second-order valence-electron chi connectivity index (χ2n) is 4.36. The van der Waals surface area contributed by atoms with Crippen LogP contribution in [0.3, 0.4) is 0 Å². The average molecular weight is 252 g/mol. The number of benzene rings is 1. The smallest absolute Gasteiger partial charge is 0.192 e. The summed E-state index contributed by atoms with van der Waals surface area (Å²) < 4.78 is 22.2. The van der Waals surface area contributed by atoms with Crippen molar-refractivity contribution in [1.82, 2.24) is 0 Å². The van der Waals surface area contributed by atoms with Gasteiger partial charge in [0.05, 0.1) is 26.9 Å². The zero-order valence-electron chi connectivity index (χ0n) is 11.2. The number of methoxy groups -OCH3 is 1. The number of hydrogen-bond acceptors (Lipinski definition) is 4. The van der Waals surface area contributed by atoms with Crippen molar-refractivity contribution in [2.45, 2.75) is 26.1 Å². The van der Waals surface area contributed by atoms with Gasteiger partial charge in [0.1, 0.15) is 0 Å². The molecule has 1 aliphatic rings. The van der Waals surface area contributed by atoms with Crippen LogP contribution in [0.2, 0.25) is 0 Å². The largest absolute Gasteiger partial charge is 0.493 e. The SMILES string of the molecule is CCCOc1ccc(C2(C)OCCO2)cc1OC. The van der Waals surface area contributed by atoms with Gasteiger partial charge in [-0.15, -0.1) is 0 Å². The minimum atomic E-state index is -0.670. The molecule has 100 valence electrons. The standard InChI is InChI=1S/C14H20O4/c1-4-7-16-12-6-5-11(10-13(12)15-3)14(2)17-8-9-18-14/h5-6,10H,4,7-9H2,1-3H3. The van der Waals surface area contributed by atoms with E-state index in [1.165, 1.54) is 0 Å². The Balaban J connectivity index is 2.23. The molecule has 0 spiro atoms. The zero-order chi connectivity index (χ0) is 13.0. The Morgan fingerprint density at radius 1 is 1.22 bits per heavy atom. The highest BCUT2D eigenvalue weighted by Crippen LogP contribution is 2.36. The zero-order valence-corrected chi connectivity index (χ0v) is 11.2. The Morgan fingerprint density at radius 3 is 2.56 bits per heavy atom. The first-order chi connectivity index (χ1) is 8.69. The van der Waals surface area contributed by atoms with E-state index in [9.17, 15) is 0 Å². The molecule has 1 aliphatic heterocycles. The molecule has 1 aromatic rings. The minimum Gasteiger partial charge on any atom is -0.493 e. The van der Waals surface area contributed by atoms with Gasteiger partial charge in [-0.3, -0.25) is 0 Å². The summed E-state index contributed by atoms with van der Waals surface area (Å²) in [5.41, 5.74) is 0.945. The van der Waals surface area contributed by atoms with E-state index in [4.69, 9.17) is 18.9 Å². The highest BCUT2D eigenvalue weighted by atomic mass is 16.7. The van der Waals surface area contributed by atoms with Gasteiger partial charge >= 0.3 is 0 Å². The van der Waals surface area contributed by atoms with Gasteiger partial charge in [0, 0.05) is 5.56 Å². The third kappa shape index (κ3) is 2.60. The van der Waals surface area contributed by atoms with Gasteiger partial charge in [-0.05, 0) is 31.5 Å². The van der Waals surface area contributed by atoms with Crippen molar-refractivity contribution in [3.63, 3.8) is 0 Å². The van der Waals surface area contributed by atoms with Crippen molar-refractivity contribution in [1.29, 1.82) is 0 Å². The van der Waals surface area contributed by atoms with E-state index in [0.717, 1.165) is 17.7 Å². The van der Waals surface area contributed by atoms with E-state index >= 15 is 0 Å². The Bertz CT molecular complexity index is 397. The normalized spacial score (nSPS) is 17.7. The van der Waals surface area contributed by atoms with E-state index in [1.54, 1.807) is 7.11 Å². The van der Waals surface area contributed by atoms with Crippen molar-refractivity contribution >= 4 is 0 Å². The molecule has 0 amide bonds. The van der Waals surface area contributed by atoms with Gasteiger partial charge in [0.25, 0.3) is 0 Å². The van der Waals surface area contributed by atoms with Crippen molar-refractivity contribution in [3.05, 3.63) is 23.8 Å². The summed E-state index contributed by atoms with van der Waals surface area (Å²) in [6.45, 7) is 5.91. The predicted molar refractivity (Wildman–Crippen MR) is 68.0 cm³/mol. The highest BCUT2D eigenvalue weighted by Gasteiger charge is 2.33. The van der Waals surface area contributed by atoms with Gasteiger partial charge in [-0.2, -0.15) is 0 Å². The molecule has 0 unspecified atom stereocenters. The molecule has 1 heterocycles. The molecule has 0 aliphatic carbocycles. The first-order valence-corrected chi connectivity index (χ1v) is 6.29. The second kappa shape index (κ2) is 5.59. The fourth-order valence-corrected chi connectivity index (χ4v) is 1.96. The van der Waals surface area contributed by atoms with Gasteiger partial charge in [0.15, 0.2) is 17.3 Å². The molecule has 1 saturated heterocycles. The van der Waals surface area contributed by atoms with Crippen LogP contribution in [-0.2, 0) is 15.3 Å². The molecule has 18 heavy (non-hydrogen) atoms. The maximum Gasteiger partial charge on any atom is 0.192 e. The predicted octanol–water partition coefficient (Wildman–Crippen LogP) is 2.70. The lowest BCUT2D eigenvalue weighted by atomic mass is 10.1. The molecule has 0 radical (unpaired) electrons. The molecule has 0 aromatic heterocycles. The molecule has 0 atom stereocenters. The average Bonchev–Trinajstić information content (AvgIpc) is 2.84. The molecule has 4 heteroatoms. The van der Waals surface area contributed by atoms with Crippen LogP contribution in [0.25, 0.3) is 0 Å². The summed E-state index contributed by atoms with van der Waals surface area (Å²) in [4.78, 5) is 0. The van der Waals surface area contributed by atoms with E-state index < -0.39 is 5.79 Å². The van der Waals surface area contributed by atoms with Crippen LogP contribution in [0.1, 0.15) is 25.8 Å². The lowest BCUT2D eigenvalue weighted by Crippen LogP contribution is -2.22. The van der Waals surface area contributed by atoms with Crippen molar-refractivity contribution in [3.8, 4) is 11.5 Å². The van der Waals surface area contributed by atoms with Gasteiger partial charge < -0.3 is 18.9 Å². The molecule has 0 saturated carbocycles. The van der Waals surface area contributed by atoms with Crippen LogP contribution in [0, 0.1) is 0 Å². The number of hydrogen-bond donors (Lipinski definition) is 0. The van der Waals surface area contributed by atoms with E-state index in [-0.39, 0.29) is 0 Å². The minimum absolute atomic E-state index is 0.618. The lowest BCUT2D eigenvalue weighted by Gasteiger charge is -2.23. The summed E-state index contributed by atoms with van der Waals surface area (Å²) in [7, 11) is 1.64. The Hall–Kier alpha value is -1.26. The monoisotopic (exact) mass is 252 g/mol. The summed E-state index contributed by atoms with van der Waals surface area (Å²) in [6.07, 6.45) is 0.967. The van der Waals surface area contributed by atoms with Crippen LogP contribution in [-0.4, -0.2) is 26.9 Å². The molecule has 1 aromatic carbocycles. The highest BCUT2D eigenvalue weighted by molar-refractivity contribution is 5.44. The number of rotatable bonds is 5. The van der Waals surface area contributed by atoms with Gasteiger partial charge in [-0.1, -0.05) is 6.92 Å². The summed E-state index contributed by atoms with van der Waals surface area (Å²) in [5, 5.41) is 0. The lowest BCUT2D eigenvalue weighted by molar-refractivity contribution is -0.149. The third-order valence-electron chi connectivity index (χ3n) is 2.99. The topological polar surface area (TPSA) is 36.9 Å². The quantitative estimate of drug-likeness (QED) is 0.807. The fraction of sp³-hybridized carbons (Fsp3) is 0.571. The molecular weight excluding hydrogens is 232 g/mol. The first kappa shape index (κ1) is 13.2. The number of ether oxygens (including phenoxy) is 4. The Labute approximate surface area is 108 Å². The third-order valence-corrected chi connectivity index (χ3v) is 2.99. The van der Waals surface area contributed by atoms with Crippen LogP contribution in [0.4, 0.5) is 0 Å².